The Morgan fingerprint density at radius 2 is 1.90 bits per heavy atom. The molecule has 30 heavy (non-hydrogen) atoms. The third kappa shape index (κ3) is 2.80. The summed E-state index contributed by atoms with van der Waals surface area (Å²) in [7, 11) is 0. The van der Waals surface area contributed by atoms with Crippen LogP contribution in [0.2, 0.25) is 0 Å². The van der Waals surface area contributed by atoms with E-state index >= 15 is 0 Å². The van der Waals surface area contributed by atoms with E-state index in [1.165, 1.54) is 6.07 Å². The van der Waals surface area contributed by atoms with Gasteiger partial charge in [0.1, 0.15) is 11.6 Å². The van der Waals surface area contributed by atoms with Gasteiger partial charge in [0, 0.05) is 25.2 Å². The molecular weight excluding hydrogens is 381 g/mol. The molecule has 154 valence electrons. The summed E-state index contributed by atoms with van der Waals surface area (Å²) < 4.78 is 16.3. The largest absolute Gasteiger partial charge is 0.371 e. The average Bonchev–Trinajstić information content (AvgIpc) is 3.21. The van der Waals surface area contributed by atoms with E-state index in [9.17, 15) is 9.18 Å². The number of fused-ring (bicyclic) bond motifs is 4. The number of halogens is 1. The summed E-state index contributed by atoms with van der Waals surface area (Å²) in [4.78, 5) is 23.9. The summed E-state index contributed by atoms with van der Waals surface area (Å²) in [6.07, 6.45) is 5.16. The number of amides is 1. The van der Waals surface area contributed by atoms with Crippen molar-refractivity contribution in [2.75, 3.05) is 18.4 Å². The minimum atomic E-state index is -0.474. The molecule has 1 spiro atoms. The maximum Gasteiger partial charge on any atom is 0.256 e. The van der Waals surface area contributed by atoms with Gasteiger partial charge < -0.3 is 10.2 Å². The Kier molecular flexibility index (Phi) is 4.34. The summed E-state index contributed by atoms with van der Waals surface area (Å²) in [6.45, 7) is 5.33. The summed E-state index contributed by atoms with van der Waals surface area (Å²) >= 11 is 0. The summed E-state index contributed by atoms with van der Waals surface area (Å²) in [5, 5.41) is 3.70. The lowest BCUT2D eigenvalue weighted by molar-refractivity contribution is 0.0671. The van der Waals surface area contributed by atoms with Gasteiger partial charge >= 0.3 is 0 Å². The van der Waals surface area contributed by atoms with Crippen LogP contribution < -0.4 is 5.32 Å². The van der Waals surface area contributed by atoms with Crippen molar-refractivity contribution in [3.05, 3.63) is 71.7 Å². The fraction of sp³-hybridized carbons (Fsp3) is 0.348. The minimum absolute atomic E-state index is 0.131. The second-order valence-electron chi connectivity index (χ2n) is 8.35. The number of carbonyl (C=O) groups is 1. The Balaban J connectivity index is 1.48. The Morgan fingerprint density at radius 1 is 1.13 bits per heavy atom. The predicted octanol–water partition coefficient (Wildman–Crippen LogP) is 4.09. The fourth-order valence-electron chi connectivity index (χ4n) is 4.61. The van der Waals surface area contributed by atoms with Gasteiger partial charge in [-0.25, -0.2) is 14.4 Å². The lowest BCUT2D eigenvalue weighted by Crippen LogP contribution is -2.51. The van der Waals surface area contributed by atoms with Crippen LogP contribution in [-0.2, 0) is 5.54 Å². The Labute approximate surface area is 174 Å². The molecule has 0 saturated carbocycles. The molecule has 0 atom stereocenters. The number of hydrogen-bond donors (Lipinski definition) is 1. The van der Waals surface area contributed by atoms with Crippen LogP contribution in [0, 0.1) is 5.82 Å². The lowest BCUT2D eigenvalue weighted by Gasteiger charge is -2.45. The second-order valence-corrected chi connectivity index (χ2v) is 8.35. The molecule has 0 bridgehead atoms. The number of nitrogens with one attached hydrogen (secondary N) is 1. The maximum atomic E-state index is 14.1. The van der Waals surface area contributed by atoms with Crippen molar-refractivity contribution in [1.29, 1.82) is 0 Å². The molecule has 0 radical (unpaired) electrons. The molecule has 2 aliphatic rings. The van der Waals surface area contributed by atoms with Gasteiger partial charge in [-0.3, -0.25) is 9.36 Å². The van der Waals surface area contributed by atoms with Crippen LogP contribution in [0.5, 0.6) is 0 Å². The summed E-state index contributed by atoms with van der Waals surface area (Å²) in [6, 6.07) is 10.1. The number of aromatic nitrogens is 3. The fourth-order valence-corrected chi connectivity index (χ4v) is 4.61. The number of piperidine rings is 1. The molecular formula is C23H24FN5O. The Morgan fingerprint density at radius 3 is 2.63 bits per heavy atom. The molecule has 1 aromatic carbocycles. The number of imidazole rings is 1. The first-order valence-corrected chi connectivity index (χ1v) is 10.4. The summed E-state index contributed by atoms with van der Waals surface area (Å²) in [5.74, 6) is 1.38. The first-order valence-electron chi connectivity index (χ1n) is 10.4. The zero-order chi connectivity index (χ0) is 20.9. The van der Waals surface area contributed by atoms with Gasteiger partial charge in [0.15, 0.2) is 5.82 Å². The molecule has 2 aromatic heterocycles. The van der Waals surface area contributed by atoms with E-state index in [0.717, 1.165) is 23.0 Å². The third-order valence-corrected chi connectivity index (χ3v) is 6.18. The lowest BCUT2D eigenvalue weighted by atomic mass is 9.82. The summed E-state index contributed by atoms with van der Waals surface area (Å²) in [5.41, 5.74) is 1.85. The quantitative estimate of drug-likeness (QED) is 0.698. The standard InChI is InChI=1S/C23H24FN5O/c1-15(2)20-26-14-19-23(27-18-8-5-11-25-21(18)29(19)20)9-12-28(13-10-23)22(30)16-6-3-4-7-17(16)24/h3-8,11,14-15,27H,9-10,12-13H2,1-2H3. The molecule has 3 aromatic rings. The van der Waals surface area contributed by atoms with Crippen molar-refractivity contribution in [3.8, 4) is 5.82 Å². The van der Waals surface area contributed by atoms with Gasteiger partial charge in [-0.1, -0.05) is 26.0 Å². The molecule has 5 rings (SSSR count). The van der Waals surface area contributed by atoms with E-state index in [1.54, 1.807) is 29.3 Å². The number of hydrogen-bond acceptors (Lipinski definition) is 4. The van der Waals surface area contributed by atoms with Gasteiger partial charge in [0.05, 0.1) is 28.7 Å². The van der Waals surface area contributed by atoms with Crippen molar-refractivity contribution in [2.24, 2.45) is 0 Å². The van der Waals surface area contributed by atoms with Crippen LogP contribution in [0.4, 0.5) is 10.1 Å². The third-order valence-electron chi connectivity index (χ3n) is 6.18. The van der Waals surface area contributed by atoms with E-state index < -0.39 is 5.82 Å². The molecule has 7 heteroatoms. The minimum Gasteiger partial charge on any atom is -0.371 e. The first-order chi connectivity index (χ1) is 14.5. The van der Waals surface area contributed by atoms with Crippen molar-refractivity contribution in [3.63, 3.8) is 0 Å². The van der Waals surface area contributed by atoms with Crippen LogP contribution in [0.3, 0.4) is 0 Å². The van der Waals surface area contributed by atoms with E-state index in [-0.39, 0.29) is 22.9 Å². The van der Waals surface area contributed by atoms with Crippen molar-refractivity contribution in [2.45, 2.75) is 38.1 Å². The SMILES string of the molecule is CC(C)c1ncc2n1-c1ncccc1NC21CCN(C(=O)c2ccccc2F)CC1. The van der Waals surface area contributed by atoms with Crippen LogP contribution in [0.1, 0.15) is 54.5 Å². The first kappa shape index (κ1) is 18.8. The number of rotatable bonds is 2. The highest BCUT2D eigenvalue weighted by Gasteiger charge is 2.44. The second kappa shape index (κ2) is 6.93. The highest BCUT2D eigenvalue weighted by Crippen LogP contribution is 2.44. The van der Waals surface area contributed by atoms with Crippen LogP contribution in [0.25, 0.3) is 5.82 Å². The monoisotopic (exact) mass is 405 g/mol. The Hall–Kier alpha value is -3.22. The number of benzene rings is 1. The number of likely N-dealkylation sites (tertiary alicyclic amines) is 1. The van der Waals surface area contributed by atoms with Gasteiger partial charge in [0.25, 0.3) is 5.91 Å². The molecule has 1 saturated heterocycles. The van der Waals surface area contributed by atoms with E-state index in [1.807, 2.05) is 18.3 Å². The van der Waals surface area contributed by atoms with Gasteiger partial charge in [-0.2, -0.15) is 0 Å². The molecule has 1 N–H and O–H groups in total. The number of carbonyl (C=O) groups excluding carboxylic acids is 1. The molecule has 0 aliphatic carbocycles. The normalized spacial score (nSPS) is 16.9. The van der Waals surface area contributed by atoms with Crippen LogP contribution in [0.15, 0.2) is 48.8 Å². The molecule has 1 fully saturated rings. The number of anilines is 1. The average molecular weight is 405 g/mol. The van der Waals surface area contributed by atoms with Crippen LogP contribution >= 0.6 is 0 Å². The zero-order valence-corrected chi connectivity index (χ0v) is 17.1. The maximum absolute atomic E-state index is 14.1. The van der Waals surface area contributed by atoms with Crippen LogP contribution in [-0.4, -0.2) is 38.4 Å². The molecule has 4 heterocycles. The number of nitrogens with zero attached hydrogens (tertiary/aromatic N) is 4. The predicted molar refractivity (Wildman–Crippen MR) is 112 cm³/mol. The highest BCUT2D eigenvalue weighted by molar-refractivity contribution is 5.94. The van der Waals surface area contributed by atoms with Crippen molar-refractivity contribution >= 4 is 11.6 Å². The van der Waals surface area contributed by atoms with Gasteiger partial charge in [-0.05, 0) is 37.1 Å². The van der Waals surface area contributed by atoms with Crippen molar-refractivity contribution in [1.82, 2.24) is 19.4 Å². The van der Waals surface area contributed by atoms with Gasteiger partial charge in [-0.15, -0.1) is 0 Å². The van der Waals surface area contributed by atoms with E-state index in [0.29, 0.717) is 25.9 Å². The molecule has 2 aliphatic heterocycles. The highest BCUT2D eigenvalue weighted by atomic mass is 19.1. The topological polar surface area (TPSA) is 63.1 Å². The zero-order valence-electron chi connectivity index (χ0n) is 17.1. The molecule has 6 nitrogen and oxygen atoms in total. The van der Waals surface area contributed by atoms with Crippen molar-refractivity contribution < 1.29 is 9.18 Å². The molecule has 0 unspecified atom stereocenters. The molecule has 1 amide bonds. The van der Waals surface area contributed by atoms with Gasteiger partial charge in [0.2, 0.25) is 0 Å². The van der Waals surface area contributed by atoms with E-state index in [2.05, 4.69) is 28.7 Å². The number of pyridine rings is 1. The smallest absolute Gasteiger partial charge is 0.256 e. The van der Waals surface area contributed by atoms with E-state index in [4.69, 9.17) is 4.98 Å². The Bertz CT molecular complexity index is 1110.